The average Bonchev–Trinajstić information content (AvgIpc) is 3.93. The maximum absolute atomic E-state index is 15.0. The van der Waals surface area contributed by atoms with Gasteiger partial charge in [-0.25, -0.2) is 23.5 Å². The maximum atomic E-state index is 15.0. The number of halogens is 3. The summed E-state index contributed by atoms with van der Waals surface area (Å²) in [6.07, 6.45) is 6.31. The summed E-state index contributed by atoms with van der Waals surface area (Å²) >= 11 is 6.38. The SMILES string of the molecule is CC(C)(C)OC(=O)N(CCCOCCCCCn1cc(-c2ccc(Nc3ncc4c(n3)-c3ccc(Cl)cc3C(c3c(F)cccc3F)=NC4)cc2)nn1)CC(=O)Nc1ccc2c(c1)CN(C1CCC(=O)NC1=O)C2=O. The molecule has 0 saturated carbocycles. The summed E-state index contributed by atoms with van der Waals surface area (Å²) in [5.41, 5.74) is 5.25. The molecule has 388 valence electrons. The van der Waals surface area contributed by atoms with Gasteiger partial charge in [-0.1, -0.05) is 41.1 Å². The van der Waals surface area contributed by atoms with Crippen LogP contribution < -0.4 is 16.0 Å². The van der Waals surface area contributed by atoms with Crippen molar-refractivity contribution in [1.82, 2.24) is 40.1 Å². The van der Waals surface area contributed by atoms with Gasteiger partial charge in [0.2, 0.25) is 23.7 Å². The van der Waals surface area contributed by atoms with Gasteiger partial charge in [0.05, 0.1) is 29.7 Å². The van der Waals surface area contributed by atoms with Crippen molar-refractivity contribution in [2.75, 3.05) is 36.9 Å². The number of aliphatic imine (C=N–C) groups is 1. The van der Waals surface area contributed by atoms with Crippen LogP contribution in [0, 0.1) is 11.6 Å². The second-order valence-electron chi connectivity index (χ2n) is 19.3. The fourth-order valence-corrected chi connectivity index (χ4v) is 9.19. The number of nitrogens with one attached hydrogen (secondary N) is 3. The predicted molar refractivity (Wildman–Crippen MR) is 275 cm³/mol. The first kappa shape index (κ1) is 51.9. The van der Waals surface area contributed by atoms with Gasteiger partial charge < -0.3 is 25.0 Å². The molecule has 3 aliphatic rings. The minimum atomic E-state index is -0.780. The van der Waals surface area contributed by atoms with Crippen LogP contribution in [0.1, 0.15) is 91.9 Å². The number of aryl methyl sites for hydroxylation is 1. The highest BCUT2D eigenvalue weighted by Gasteiger charge is 2.39. The molecule has 2 aromatic heterocycles. The summed E-state index contributed by atoms with van der Waals surface area (Å²) in [6.45, 7) is 7.01. The number of imide groups is 1. The monoisotopic (exact) mass is 1040 g/mol. The Hall–Kier alpha value is -7.97. The molecule has 0 spiro atoms. The third kappa shape index (κ3) is 12.5. The Kier molecular flexibility index (Phi) is 15.7. The molecule has 4 aromatic carbocycles. The first-order chi connectivity index (χ1) is 36.1. The summed E-state index contributed by atoms with van der Waals surface area (Å²) in [5, 5.41) is 17.4. The van der Waals surface area contributed by atoms with Gasteiger partial charge in [-0.2, -0.15) is 0 Å². The van der Waals surface area contributed by atoms with E-state index in [0.29, 0.717) is 82.0 Å². The standard InChI is InChI=1S/C54H54ClF2N11O7/c1-54(2,3)75-53(73)66(31-46(70)60-37-16-18-38-33(25-37)29-68(51(38)72)44-19-20-45(69)62-50(44)71)21-8-24-74-23-6-4-5-22-67-30-43(64-65-67)32-11-14-36(15-12-32)61-52-59-28-34-27-58-49(47-41(56)9-7-10-42(47)57)40-26-35(55)13-17-39(40)48(34)63-52/h7,9-18,25-26,28,30,44H,4-6,8,19-24,27,29,31H2,1-3H3,(H,60,70)(H,59,61,63)(H,62,69,71). The molecular weight excluding hydrogens is 988 g/mol. The number of rotatable bonds is 18. The van der Waals surface area contributed by atoms with Gasteiger partial charge in [-0.3, -0.25) is 39.1 Å². The van der Waals surface area contributed by atoms with E-state index in [0.717, 1.165) is 30.5 Å². The molecule has 18 nitrogen and oxygen atoms in total. The van der Waals surface area contributed by atoms with E-state index in [1.54, 1.807) is 68.0 Å². The van der Waals surface area contributed by atoms with Crippen molar-refractivity contribution in [3.05, 3.63) is 136 Å². The molecular formula is C54H54ClF2N11O7. The molecule has 5 amide bonds. The van der Waals surface area contributed by atoms with Gasteiger partial charge in [0.25, 0.3) is 5.91 Å². The van der Waals surface area contributed by atoms with E-state index < -0.39 is 41.2 Å². The Bertz CT molecular complexity index is 3180. The lowest BCUT2D eigenvalue weighted by Crippen LogP contribution is -2.52. The number of piperidine rings is 1. The van der Waals surface area contributed by atoms with Gasteiger partial charge in [0, 0.05) is 89.7 Å². The number of carbonyl (C=O) groups is 5. The molecule has 1 saturated heterocycles. The van der Waals surface area contributed by atoms with Crippen LogP contribution in [0.4, 0.5) is 30.9 Å². The smallest absolute Gasteiger partial charge is 0.410 e. The number of unbranched alkanes of at least 4 members (excludes halogenated alkanes) is 2. The van der Waals surface area contributed by atoms with Crippen molar-refractivity contribution in [3.63, 3.8) is 0 Å². The minimum absolute atomic E-state index is 0.104. The number of ether oxygens (including phenoxy) is 2. The third-order valence-corrected chi connectivity index (χ3v) is 12.9. The number of amides is 5. The number of nitrogens with zero attached hydrogens (tertiary/aromatic N) is 8. The number of anilines is 3. The number of hydrogen-bond acceptors (Lipinski definition) is 13. The van der Waals surface area contributed by atoms with Crippen molar-refractivity contribution >= 4 is 64.4 Å². The van der Waals surface area contributed by atoms with Crippen molar-refractivity contribution in [3.8, 4) is 22.5 Å². The highest BCUT2D eigenvalue weighted by molar-refractivity contribution is 6.31. The summed E-state index contributed by atoms with van der Waals surface area (Å²) in [6, 6.07) is 20.5. The molecule has 1 atom stereocenters. The van der Waals surface area contributed by atoms with Crippen molar-refractivity contribution < 1.29 is 42.2 Å². The van der Waals surface area contributed by atoms with E-state index >= 15 is 0 Å². The van der Waals surface area contributed by atoms with Crippen LogP contribution in [0.3, 0.4) is 0 Å². The van der Waals surface area contributed by atoms with E-state index in [-0.39, 0.29) is 62.1 Å². The topological polar surface area (TPSA) is 215 Å². The van der Waals surface area contributed by atoms with Gasteiger partial charge in [-0.15, -0.1) is 5.10 Å². The molecule has 1 fully saturated rings. The first-order valence-corrected chi connectivity index (χ1v) is 25.0. The lowest BCUT2D eigenvalue weighted by Gasteiger charge is -2.29. The molecule has 3 aliphatic heterocycles. The maximum Gasteiger partial charge on any atom is 0.410 e. The third-order valence-electron chi connectivity index (χ3n) is 12.6. The number of hydrogen-bond donors (Lipinski definition) is 3. The molecule has 0 radical (unpaired) electrons. The zero-order chi connectivity index (χ0) is 52.8. The van der Waals surface area contributed by atoms with Crippen LogP contribution in [-0.4, -0.2) is 108 Å². The fourth-order valence-electron chi connectivity index (χ4n) is 9.02. The first-order valence-electron chi connectivity index (χ1n) is 24.6. The predicted octanol–water partition coefficient (Wildman–Crippen LogP) is 8.64. The van der Waals surface area contributed by atoms with Crippen LogP contribution >= 0.6 is 11.6 Å². The van der Waals surface area contributed by atoms with Crippen LogP contribution in [0.2, 0.25) is 5.02 Å². The van der Waals surface area contributed by atoms with Crippen LogP contribution in [0.25, 0.3) is 22.5 Å². The second-order valence-corrected chi connectivity index (χ2v) is 19.8. The number of benzene rings is 4. The van der Waals surface area contributed by atoms with Gasteiger partial charge in [0.15, 0.2) is 0 Å². The second kappa shape index (κ2) is 22.7. The zero-order valence-electron chi connectivity index (χ0n) is 41.5. The van der Waals surface area contributed by atoms with Crippen molar-refractivity contribution in [2.24, 2.45) is 4.99 Å². The molecule has 21 heteroatoms. The van der Waals surface area contributed by atoms with E-state index in [2.05, 4.69) is 36.2 Å². The van der Waals surface area contributed by atoms with Crippen LogP contribution in [0.15, 0.2) is 96.2 Å². The molecule has 1 unspecified atom stereocenters. The largest absolute Gasteiger partial charge is 0.444 e. The Balaban J connectivity index is 0.704. The summed E-state index contributed by atoms with van der Waals surface area (Å²) in [7, 11) is 0. The average molecular weight is 1040 g/mol. The zero-order valence-corrected chi connectivity index (χ0v) is 42.3. The number of carbonyl (C=O) groups excluding carboxylic acids is 5. The van der Waals surface area contributed by atoms with Crippen molar-refractivity contribution in [2.45, 2.75) is 90.6 Å². The normalized spacial score (nSPS) is 15.1. The lowest BCUT2D eigenvalue weighted by atomic mass is 9.95. The van der Waals surface area contributed by atoms with Gasteiger partial charge in [-0.05, 0) is 113 Å². The molecule has 0 aliphatic carbocycles. The Labute approximate surface area is 435 Å². The van der Waals surface area contributed by atoms with E-state index in [1.165, 1.54) is 28.0 Å². The quantitative estimate of drug-likeness (QED) is 0.0545. The molecule has 0 bridgehead atoms. The van der Waals surface area contributed by atoms with E-state index in [4.69, 9.17) is 26.1 Å². The van der Waals surface area contributed by atoms with E-state index in [1.807, 2.05) is 30.5 Å². The minimum Gasteiger partial charge on any atom is -0.444 e. The fraction of sp³-hybridized carbons (Fsp3) is 0.333. The Morgan fingerprint density at radius 1 is 0.893 bits per heavy atom. The molecule has 5 heterocycles. The molecule has 75 heavy (non-hydrogen) atoms. The van der Waals surface area contributed by atoms with Crippen LogP contribution in [-0.2, 0) is 43.5 Å². The summed E-state index contributed by atoms with van der Waals surface area (Å²) in [4.78, 5) is 80.3. The van der Waals surface area contributed by atoms with Gasteiger partial charge in [0.1, 0.15) is 35.5 Å². The van der Waals surface area contributed by atoms with Crippen LogP contribution in [0.5, 0.6) is 0 Å². The van der Waals surface area contributed by atoms with Gasteiger partial charge >= 0.3 is 6.09 Å². The summed E-state index contributed by atoms with van der Waals surface area (Å²) < 4.78 is 43.3. The number of fused-ring (bicyclic) bond motifs is 4. The highest BCUT2D eigenvalue weighted by atomic mass is 35.5. The highest BCUT2D eigenvalue weighted by Crippen LogP contribution is 2.35. The summed E-state index contributed by atoms with van der Waals surface area (Å²) in [5.74, 6) is -2.78. The Morgan fingerprint density at radius 2 is 1.65 bits per heavy atom. The Morgan fingerprint density at radius 3 is 2.43 bits per heavy atom. The van der Waals surface area contributed by atoms with E-state index in [9.17, 15) is 32.8 Å². The lowest BCUT2D eigenvalue weighted by molar-refractivity contribution is -0.137. The molecule has 6 aromatic rings. The van der Waals surface area contributed by atoms with Crippen molar-refractivity contribution in [1.29, 1.82) is 0 Å². The number of aromatic nitrogens is 5. The molecule has 3 N–H and O–H groups in total. The molecule has 9 rings (SSSR count).